The molecule has 0 spiro atoms. The number of azide groups is 1. The number of rotatable bonds is 2. The van der Waals surface area contributed by atoms with Gasteiger partial charge in [0.1, 0.15) is 12.2 Å². The second-order valence-corrected chi connectivity index (χ2v) is 4.71. The van der Waals surface area contributed by atoms with Gasteiger partial charge in [0, 0.05) is 12.0 Å². The second-order valence-electron chi connectivity index (χ2n) is 4.71. The third kappa shape index (κ3) is 2.25. The normalized spacial score (nSPS) is 43.9. The van der Waals surface area contributed by atoms with Crippen molar-refractivity contribution in [2.24, 2.45) is 5.11 Å². The molecule has 0 aliphatic carbocycles. The average Bonchev–Trinajstić information content (AvgIpc) is 2.57. The van der Waals surface area contributed by atoms with Crippen LogP contribution in [-0.4, -0.2) is 43.5 Å². The van der Waals surface area contributed by atoms with Crippen LogP contribution in [0.15, 0.2) is 5.11 Å². The van der Waals surface area contributed by atoms with Crippen molar-refractivity contribution in [1.29, 1.82) is 0 Å². The van der Waals surface area contributed by atoms with Crippen LogP contribution >= 0.6 is 0 Å². The van der Waals surface area contributed by atoms with E-state index in [0.717, 1.165) is 0 Å². The lowest BCUT2D eigenvalue weighted by Crippen LogP contribution is -2.54. The van der Waals surface area contributed by atoms with Gasteiger partial charge in [-0.2, -0.15) is 0 Å². The van der Waals surface area contributed by atoms with Gasteiger partial charge in [-0.15, -0.1) is 0 Å². The van der Waals surface area contributed by atoms with E-state index in [1.54, 1.807) is 7.11 Å². The zero-order valence-corrected chi connectivity index (χ0v) is 10.4. The van der Waals surface area contributed by atoms with Crippen molar-refractivity contribution in [3.63, 3.8) is 0 Å². The van der Waals surface area contributed by atoms with Gasteiger partial charge >= 0.3 is 0 Å². The molecule has 0 amide bonds. The van der Waals surface area contributed by atoms with E-state index in [4.69, 9.17) is 24.5 Å². The maximum atomic E-state index is 8.58. The number of ether oxygens (including phenoxy) is 4. The van der Waals surface area contributed by atoms with Crippen LogP contribution in [0, 0.1) is 0 Å². The molecule has 96 valence electrons. The van der Waals surface area contributed by atoms with Crippen molar-refractivity contribution < 1.29 is 18.9 Å². The number of hydrogen-bond acceptors (Lipinski definition) is 5. The molecule has 17 heavy (non-hydrogen) atoms. The lowest BCUT2D eigenvalue weighted by Gasteiger charge is -2.38. The monoisotopic (exact) mass is 243 g/mol. The van der Waals surface area contributed by atoms with Crippen LogP contribution in [0.25, 0.3) is 10.4 Å². The lowest BCUT2D eigenvalue weighted by molar-refractivity contribution is -0.242. The molecule has 7 nitrogen and oxygen atoms in total. The SMILES string of the molecule is CO[C@H]1O[C@H](C)[C@@H](N=[N+]=[N-])[C@@H]2OC(C)(C)O[C@H]12. The van der Waals surface area contributed by atoms with Crippen LogP contribution in [0.2, 0.25) is 0 Å². The summed E-state index contributed by atoms with van der Waals surface area (Å²) < 4.78 is 22.3. The summed E-state index contributed by atoms with van der Waals surface area (Å²) in [6.45, 7) is 5.46. The van der Waals surface area contributed by atoms with Crippen molar-refractivity contribution >= 4 is 0 Å². The fourth-order valence-corrected chi connectivity index (χ4v) is 2.34. The molecule has 2 aliphatic rings. The molecular weight excluding hydrogens is 226 g/mol. The Morgan fingerprint density at radius 1 is 1.29 bits per heavy atom. The predicted molar refractivity (Wildman–Crippen MR) is 58.1 cm³/mol. The number of methoxy groups -OCH3 is 1. The Labute approximate surface area is 99.6 Å². The van der Waals surface area contributed by atoms with Gasteiger partial charge in [0.15, 0.2) is 12.1 Å². The smallest absolute Gasteiger partial charge is 0.186 e. The molecule has 0 aromatic rings. The first-order valence-corrected chi connectivity index (χ1v) is 5.56. The zero-order chi connectivity index (χ0) is 12.6. The van der Waals surface area contributed by atoms with E-state index in [9.17, 15) is 0 Å². The van der Waals surface area contributed by atoms with E-state index >= 15 is 0 Å². The molecule has 2 saturated heterocycles. The largest absolute Gasteiger partial charge is 0.353 e. The minimum Gasteiger partial charge on any atom is -0.353 e. The number of fused-ring (bicyclic) bond motifs is 1. The average molecular weight is 243 g/mol. The van der Waals surface area contributed by atoms with E-state index in [1.165, 1.54) is 0 Å². The summed E-state index contributed by atoms with van der Waals surface area (Å²) in [5, 5.41) is 3.74. The Hall–Kier alpha value is -0.850. The number of hydrogen-bond donors (Lipinski definition) is 0. The molecule has 0 radical (unpaired) electrons. The quantitative estimate of drug-likeness (QED) is 0.418. The molecule has 0 bridgehead atoms. The van der Waals surface area contributed by atoms with Gasteiger partial charge in [0.05, 0.1) is 12.1 Å². The predicted octanol–water partition coefficient (Wildman–Crippen LogP) is 1.58. The molecule has 2 heterocycles. The minimum absolute atomic E-state index is 0.269. The summed E-state index contributed by atoms with van der Waals surface area (Å²) in [4.78, 5) is 2.84. The van der Waals surface area contributed by atoms with Crippen LogP contribution < -0.4 is 0 Å². The van der Waals surface area contributed by atoms with Gasteiger partial charge in [0.25, 0.3) is 0 Å². The summed E-state index contributed by atoms with van der Waals surface area (Å²) in [6, 6.07) is -0.404. The van der Waals surface area contributed by atoms with Crippen molar-refractivity contribution in [3.8, 4) is 0 Å². The highest BCUT2D eigenvalue weighted by atomic mass is 16.8. The first-order chi connectivity index (χ1) is 7.98. The third-order valence-corrected chi connectivity index (χ3v) is 3.02. The van der Waals surface area contributed by atoms with Crippen LogP contribution in [0.4, 0.5) is 0 Å². The van der Waals surface area contributed by atoms with Crippen molar-refractivity contribution in [2.75, 3.05) is 7.11 Å². The molecular formula is C10H17N3O4. The lowest BCUT2D eigenvalue weighted by atomic mass is 9.98. The molecule has 0 aromatic carbocycles. The summed E-state index contributed by atoms with van der Waals surface area (Å²) in [6.07, 6.45) is -1.48. The van der Waals surface area contributed by atoms with Gasteiger partial charge in [-0.1, -0.05) is 5.11 Å². The van der Waals surface area contributed by atoms with Crippen molar-refractivity contribution in [2.45, 2.75) is 57.2 Å². The number of nitrogens with zero attached hydrogens (tertiary/aromatic N) is 3. The molecule has 5 atom stereocenters. The van der Waals surface area contributed by atoms with Crippen LogP contribution in [-0.2, 0) is 18.9 Å². The van der Waals surface area contributed by atoms with E-state index in [2.05, 4.69) is 10.0 Å². The molecule has 0 saturated carbocycles. The summed E-state index contributed by atoms with van der Waals surface area (Å²) in [5.41, 5.74) is 8.58. The zero-order valence-electron chi connectivity index (χ0n) is 10.4. The van der Waals surface area contributed by atoms with Gasteiger partial charge in [-0.05, 0) is 26.3 Å². The Morgan fingerprint density at radius 2 is 1.94 bits per heavy atom. The summed E-state index contributed by atoms with van der Waals surface area (Å²) >= 11 is 0. The summed E-state index contributed by atoms with van der Waals surface area (Å²) in [5.74, 6) is -0.719. The van der Waals surface area contributed by atoms with Crippen molar-refractivity contribution in [1.82, 2.24) is 0 Å². The molecule has 2 rings (SSSR count). The van der Waals surface area contributed by atoms with Crippen LogP contribution in [0.5, 0.6) is 0 Å². The topological polar surface area (TPSA) is 85.7 Å². The standard InChI is InChI=1S/C10H17N3O4/c1-5-6(12-13-11)7-8(9(14-4)15-5)17-10(2,3)16-7/h5-9H,1-4H3/t5-,6-,7+,8+,9+/m1/s1. The molecule has 0 aromatic heterocycles. The van der Waals surface area contributed by atoms with Crippen LogP contribution in [0.1, 0.15) is 20.8 Å². The maximum Gasteiger partial charge on any atom is 0.186 e. The molecule has 0 unspecified atom stereocenters. The second kappa shape index (κ2) is 4.44. The summed E-state index contributed by atoms with van der Waals surface area (Å²) in [7, 11) is 1.55. The van der Waals surface area contributed by atoms with Crippen molar-refractivity contribution in [3.05, 3.63) is 10.4 Å². The Morgan fingerprint density at radius 3 is 2.53 bits per heavy atom. The minimum atomic E-state index is -0.719. The van der Waals surface area contributed by atoms with Gasteiger partial charge in [-0.25, -0.2) is 0 Å². The van der Waals surface area contributed by atoms with Crippen LogP contribution in [0.3, 0.4) is 0 Å². The molecule has 0 N–H and O–H groups in total. The third-order valence-electron chi connectivity index (χ3n) is 3.02. The van der Waals surface area contributed by atoms with Gasteiger partial charge < -0.3 is 18.9 Å². The molecule has 2 aliphatic heterocycles. The van der Waals surface area contributed by atoms with E-state index in [0.29, 0.717) is 0 Å². The maximum absolute atomic E-state index is 8.58. The molecule has 7 heteroatoms. The highest BCUT2D eigenvalue weighted by Crippen LogP contribution is 2.38. The highest BCUT2D eigenvalue weighted by molar-refractivity contribution is 4.98. The Bertz CT molecular complexity index is 342. The first-order valence-electron chi connectivity index (χ1n) is 5.56. The first kappa shape index (κ1) is 12.6. The van der Waals surface area contributed by atoms with E-state index < -0.39 is 18.1 Å². The fourth-order valence-electron chi connectivity index (χ4n) is 2.34. The van der Waals surface area contributed by atoms with Gasteiger partial charge in [-0.3, -0.25) is 0 Å². The molecule has 2 fully saturated rings. The fraction of sp³-hybridized carbons (Fsp3) is 1.00. The van der Waals surface area contributed by atoms with E-state index in [-0.39, 0.29) is 18.3 Å². The highest BCUT2D eigenvalue weighted by Gasteiger charge is 2.54. The van der Waals surface area contributed by atoms with Gasteiger partial charge in [0.2, 0.25) is 0 Å². The Balaban J connectivity index is 2.26. The Kier molecular flexibility index (Phi) is 3.29. The van der Waals surface area contributed by atoms with E-state index in [1.807, 2.05) is 20.8 Å².